The maximum atomic E-state index is 12.2. The SMILES string of the molecule is CCOC(=O)C(C)[C@H](C)/C=C/[C@@H](C)[C@H]1CC[C@H]2[C@@H]3C[C@@H](OC)[C@]45C[C@@H]4CC[C@]5(C)[C@H]3CC[C@]12C. The van der Waals surface area contributed by atoms with Crippen molar-refractivity contribution < 1.29 is 14.3 Å². The first-order valence-corrected chi connectivity index (χ1v) is 14.5. The molecule has 3 nitrogen and oxygen atoms in total. The number of carbonyl (C=O) groups excluding carboxylic acids is 1. The molecule has 192 valence electrons. The van der Waals surface area contributed by atoms with Crippen molar-refractivity contribution in [3.05, 3.63) is 12.2 Å². The Balaban J connectivity index is 1.31. The van der Waals surface area contributed by atoms with Crippen molar-refractivity contribution >= 4 is 5.97 Å². The molecule has 5 rings (SSSR count). The van der Waals surface area contributed by atoms with Crippen molar-refractivity contribution in [1.29, 1.82) is 0 Å². The Morgan fingerprint density at radius 3 is 2.47 bits per heavy atom. The first kappa shape index (κ1) is 24.8. The highest BCUT2D eigenvalue weighted by molar-refractivity contribution is 5.72. The molecule has 0 amide bonds. The fourth-order valence-electron chi connectivity index (χ4n) is 10.6. The summed E-state index contributed by atoms with van der Waals surface area (Å²) in [7, 11) is 2.00. The summed E-state index contributed by atoms with van der Waals surface area (Å²) in [5.41, 5.74) is 1.49. The van der Waals surface area contributed by atoms with Crippen molar-refractivity contribution in [2.24, 2.45) is 63.6 Å². The molecule has 1 unspecified atom stereocenters. The highest BCUT2D eigenvalue weighted by atomic mass is 16.5. The average Bonchev–Trinajstić information content (AvgIpc) is 3.32. The van der Waals surface area contributed by atoms with Gasteiger partial charge in [0.25, 0.3) is 0 Å². The first-order valence-electron chi connectivity index (χ1n) is 14.5. The topological polar surface area (TPSA) is 35.5 Å². The van der Waals surface area contributed by atoms with Crippen LogP contribution in [0.4, 0.5) is 0 Å². The van der Waals surface area contributed by atoms with E-state index in [0.29, 0.717) is 34.9 Å². The van der Waals surface area contributed by atoms with Crippen molar-refractivity contribution in [3.8, 4) is 0 Å². The van der Waals surface area contributed by atoms with Crippen LogP contribution in [0.3, 0.4) is 0 Å². The molecule has 0 N–H and O–H groups in total. The van der Waals surface area contributed by atoms with Crippen molar-refractivity contribution in [1.82, 2.24) is 0 Å². The van der Waals surface area contributed by atoms with Crippen molar-refractivity contribution in [2.75, 3.05) is 13.7 Å². The zero-order valence-corrected chi connectivity index (χ0v) is 22.9. The van der Waals surface area contributed by atoms with E-state index in [9.17, 15) is 4.79 Å². The normalized spacial score (nSPS) is 49.5. The van der Waals surface area contributed by atoms with Crippen LogP contribution in [0.25, 0.3) is 0 Å². The van der Waals surface area contributed by atoms with Gasteiger partial charge in [0, 0.05) is 12.5 Å². The van der Waals surface area contributed by atoms with Gasteiger partial charge in [0.05, 0.1) is 18.6 Å². The van der Waals surface area contributed by atoms with Crippen molar-refractivity contribution in [2.45, 2.75) is 99.0 Å². The van der Waals surface area contributed by atoms with E-state index in [1.165, 1.54) is 51.4 Å². The van der Waals surface area contributed by atoms with Gasteiger partial charge in [-0.05, 0) is 111 Å². The third kappa shape index (κ3) is 3.34. The van der Waals surface area contributed by atoms with E-state index in [2.05, 4.69) is 39.8 Å². The van der Waals surface area contributed by atoms with Gasteiger partial charge in [0.1, 0.15) is 0 Å². The molecule has 0 bridgehead atoms. The molecule has 5 saturated carbocycles. The number of ether oxygens (including phenoxy) is 2. The average molecular weight is 471 g/mol. The summed E-state index contributed by atoms with van der Waals surface area (Å²) >= 11 is 0. The van der Waals surface area contributed by atoms with Gasteiger partial charge in [-0.15, -0.1) is 0 Å². The number of allylic oxidation sites excluding steroid dienone is 2. The molecule has 3 heteroatoms. The van der Waals surface area contributed by atoms with Crippen LogP contribution < -0.4 is 0 Å². The molecular formula is C31H50O3. The number of fused-ring (bicyclic) bond motifs is 4. The van der Waals surface area contributed by atoms with E-state index in [1.807, 2.05) is 21.0 Å². The van der Waals surface area contributed by atoms with Crippen LogP contribution in [0.15, 0.2) is 12.2 Å². The molecule has 0 radical (unpaired) electrons. The van der Waals surface area contributed by atoms with Crippen LogP contribution in [-0.2, 0) is 14.3 Å². The second-order valence-corrected chi connectivity index (χ2v) is 13.6. The lowest BCUT2D eigenvalue weighted by Crippen LogP contribution is -2.57. The van der Waals surface area contributed by atoms with Gasteiger partial charge in [-0.3, -0.25) is 4.79 Å². The zero-order valence-electron chi connectivity index (χ0n) is 22.9. The third-order valence-corrected chi connectivity index (χ3v) is 12.7. The van der Waals surface area contributed by atoms with Gasteiger partial charge in [-0.25, -0.2) is 0 Å². The van der Waals surface area contributed by atoms with Crippen LogP contribution in [0.1, 0.15) is 92.9 Å². The third-order valence-electron chi connectivity index (χ3n) is 12.7. The van der Waals surface area contributed by atoms with Crippen LogP contribution in [0, 0.1) is 63.6 Å². The summed E-state index contributed by atoms with van der Waals surface area (Å²) in [6.07, 6.45) is 16.5. The van der Waals surface area contributed by atoms with E-state index in [-0.39, 0.29) is 17.8 Å². The summed E-state index contributed by atoms with van der Waals surface area (Å²) in [5.74, 6) is 4.96. The lowest BCUT2D eigenvalue weighted by Gasteiger charge is -2.61. The molecule has 5 aliphatic carbocycles. The molecule has 1 spiro atoms. The summed E-state index contributed by atoms with van der Waals surface area (Å²) in [4.78, 5) is 12.2. The van der Waals surface area contributed by atoms with Crippen molar-refractivity contribution in [3.63, 3.8) is 0 Å². The maximum Gasteiger partial charge on any atom is 0.309 e. The van der Waals surface area contributed by atoms with E-state index < -0.39 is 0 Å². The smallest absolute Gasteiger partial charge is 0.309 e. The Labute approximate surface area is 208 Å². The number of carbonyl (C=O) groups is 1. The number of methoxy groups -OCH3 is 1. The van der Waals surface area contributed by atoms with Crippen LogP contribution in [-0.4, -0.2) is 25.8 Å². The molecule has 5 aliphatic rings. The number of hydrogen-bond acceptors (Lipinski definition) is 3. The summed E-state index contributed by atoms with van der Waals surface area (Å²) in [5, 5.41) is 0. The van der Waals surface area contributed by atoms with E-state index >= 15 is 0 Å². The first-order chi connectivity index (χ1) is 16.1. The standard InChI is InChI=1S/C31H50O3/c1-8-34-28(32)21(4)19(2)9-10-20(3)24-11-12-25-23-17-27(33-7)31-18-22(31)13-16-30(31,6)26(23)14-15-29(24,25)5/h9-10,19-27H,8,11-18H2,1-7H3/b10-9+/t19-,20-,21?,22+,23+,24-,25+,26+,27-,29-,30-,31+/m1/s1. The molecule has 12 atom stereocenters. The minimum atomic E-state index is -0.0790. The second-order valence-electron chi connectivity index (χ2n) is 13.6. The highest BCUT2D eigenvalue weighted by Crippen LogP contribution is 2.82. The van der Waals surface area contributed by atoms with E-state index in [1.54, 1.807) is 0 Å². The Kier molecular flexibility index (Phi) is 6.31. The molecule has 0 aromatic heterocycles. The Morgan fingerprint density at radius 1 is 1.03 bits per heavy atom. The maximum absolute atomic E-state index is 12.2. The largest absolute Gasteiger partial charge is 0.466 e. The van der Waals surface area contributed by atoms with Gasteiger partial charge in [-0.2, -0.15) is 0 Å². The Bertz CT molecular complexity index is 819. The zero-order chi connectivity index (χ0) is 24.5. The van der Waals surface area contributed by atoms with Gasteiger partial charge in [0.15, 0.2) is 0 Å². The molecule has 34 heavy (non-hydrogen) atoms. The Hall–Kier alpha value is -0.830. The molecule has 0 saturated heterocycles. The van der Waals surface area contributed by atoms with Crippen LogP contribution in [0.2, 0.25) is 0 Å². The fourth-order valence-corrected chi connectivity index (χ4v) is 10.6. The quantitative estimate of drug-likeness (QED) is 0.289. The Morgan fingerprint density at radius 2 is 1.79 bits per heavy atom. The number of hydrogen-bond donors (Lipinski definition) is 0. The minimum absolute atomic E-state index is 0.0698. The number of rotatable bonds is 7. The monoisotopic (exact) mass is 470 g/mol. The molecule has 5 fully saturated rings. The van der Waals surface area contributed by atoms with Crippen LogP contribution in [0.5, 0.6) is 0 Å². The lowest BCUT2D eigenvalue weighted by atomic mass is 9.45. The minimum Gasteiger partial charge on any atom is -0.466 e. The highest BCUT2D eigenvalue weighted by Gasteiger charge is 2.77. The van der Waals surface area contributed by atoms with E-state index in [4.69, 9.17) is 9.47 Å². The van der Waals surface area contributed by atoms with E-state index in [0.717, 1.165) is 29.6 Å². The predicted octanol–water partition coefficient (Wildman–Crippen LogP) is 7.30. The van der Waals surface area contributed by atoms with Gasteiger partial charge in [0.2, 0.25) is 0 Å². The molecular weight excluding hydrogens is 420 g/mol. The second kappa shape index (κ2) is 8.63. The fraction of sp³-hybridized carbons (Fsp3) is 0.903. The molecule has 0 aromatic carbocycles. The van der Waals surface area contributed by atoms with Gasteiger partial charge >= 0.3 is 5.97 Å². The summed E-state index contributed by atoms with van der Waals surface area (Å²) in [6.45, 7) is 14.3. The number of esters is 1. The lowest BCUT2D eigenvalue weighted by molar-refractivity contribution is -0.160. The van der Waals surface area contributed by atoms with Gasteiger partial charge in [-0.1, -0.05) is 46.8 Å². The summed E-state index contributed by atoms with van der Waals surface area (Å²) < 4.78 is 11.5. The molecule has 0 heterocycles. The molecule has 0 aromatic rings. The van der Waals surface area contributed by atoms with Gasteiger partial charge < -0.3 is 9.47 Å². The molecule has 0 aliphatic heterocycles. The summed E-state index contributed by atoms with van der Waals surface area (Å²) in [6, 6.07) is 0. The van der Waals surface area contributed by atoms with Crippen LogP contribution >= 0.6 is 0 Å². The predicted molar refractivity (Wildman–Crippen MR) is 137 cm³/mol.